The molecule has 0 aliphatic carbocycles. The van der Waals surface area contributed by atoms with Crippen LogP contribution in [0.5, 0.6) is 5.75 Å². The summed E-state index contributed by atoms with van der Waals surface area (Å²) in [6, 6.07) is 11.0. The Hall–Kier alpha value is -2.91. The van der Waals surface area contributed by atoms with E-state index >= 15 is 0 Å². The van der Waals surface area contributed by atoms with Crippen LogP contribution < -0.4 is 20.5 Å². The van der Waals surface area contributed by atoms with Crippen molar-refractivity contribution in [1.82, 2.24) is 5.32 Å². The average Bonchev–Trinajstić information content (AvgIpc) is 2.60. The van der Waals surface area contributed by atoms with Crippen LogP contribution in [0.25, 0.3) is 0 Å². The van der Waals surface area contributed by atoms with Crippen molar-refractivity contribution in [2.24, 2.45) is 5.14 Å². The lowest BCUT2D eigenvalue weighted by Crippen LogP contribution is -2.58. The van der Waals surface area contributed by atoms with Gasteiger partial charge < -0.3 is 15.4 Å². The third kappa shape index (κ3) is 3.79. The second-order valence-corrected chi connectivity index (χ2v) is 8.02. The molecule has 27 heavy (non-hydrogen) atoms. The minimum Gasteiger partial charge on any atom is -0.466 e. The zero-order valence-corrected chi connectivity index (χ0v) is 15.6. The van der Waals surface area contributed by atoms with Gasteiger partial charge >= 0.3 is 0 Å². The number of amides is 2. The summed E-state index contributed by atoms with van der Waals surface area (Å²) in [5.74, 6) is -0.764. The molecule has 0 fully saturated rings. The molecule has 2 amide bonds. The van der Waals surface area contributed by atoms with Gasteiger partial charge in [-0.25, -0.2) is 13.6 Å². The van der Waals surface area contributed by atoms with Gasteiger partial charge in [0.25, 0.3) is 17.4 Å². The Morgan fingerprint density at radius 2 is 1.89 bits per heavy atom. The monoisotopic (exact) mass is 389 g/mol. The van der Waals surface area contributed by atoms with Gasteiger partial charge in [0.2, 0.25) is 10.0 Å². The number of nitrogens with two attached hydrogens (primary N) is 1. The van der Waals surface area contributed by atoms with Gasteiger partial charge in [0.1, 0.15) is 5.75 Å². The fourth-order valence-electron chi connectivity index (χ4n) is 2.64. The summed E-state index contributed by atoms with van der Waals surface area (Å²) in [4.78, 5) is 25.0. The number of fused-ring (bicyclic) bond motifs is 1. The van der Waals surface area contributed by atoms with Gasteiger partial charge in [0, 0.05) is 6.54 Å². The minimum absolute atomic E-state index is 0.0218. The first-order valence-corrected chi connectivity index (χ1v) is 9.65. The van der Waals surface area contributed by atoms with Gasteiger partial charge in [-0.2, -0.15) is 0 Å². The van der Waals surface area contributed by atoms with Crippen molar-refractivity contribution < 1.29 is 22.7 Å². The number of hydrogen-bond acceptors (Lipinski definition) is 5. The Balaban J connectivity index is 1.72. The molecule has 2 aromatic carbocycles. The molecule has 0 saturated carbocycles. The second-order valence-electron chi connectivity index (χ2n) is 6.46. The zero-order valence-electron chi connectivity index (χ0n) is 14.8. The van der Waals surface area contributed by atoms with Crippen LogP contribution in [0.4, 0.5) is 5.69 Å². The number of primary sulfonamides is 1. The number of nitrogens with one attached hydrogen (secondary N) is 2. The lowest BCUT2D eigenvalue weighted by Gasteiger charge is -2.33. The molecule has 1 unspecified atom stereocenters. The van der Waals surface area contributed by atoms with E-state index in [-0.39, 0.29) is 11.4 Å². The number of ether oxygens (including phenoxy) is 1. The molecular formula is C18H19N3O5S. The molecule has 1 atom stereocenters. The van der Waals surface area contributed by atoms with Crippen LogP contribution in [0.15, 0.2) is 47.4 Å². The quantitative estimate of drug-likeness (QED) is 0.674. The summed E-state index contributed by atoms with van der Waals surface area (Å²) in [5.41, 5.74) is 0.395. The number of anilines is 1. The van der Waals surface area contributed by atoms with E-state index in [1.54, 1.807) is 12.1 Å². The Kier molecular flexibility index (Phi) is 4.66. The van der Waals surface area contributed by atoms with E-state index in [2.05, 4.69) is 10.6 Å². The molecule has 142 valence electrons. The first-order chi connectivity index (χ1) is 12.6. The van der Waals surface area contributed by atoms with Crippen LogP contribution in [-0.4, -0.2) is 25.8 Å². The molecule has 2 aromatic rings. The fourth-order valence-corrected chi connectivity index (χ4v) is 3.15. The molecule has 0 aromatic heterocycles. The standard InChI is InChI=1S/C18H19N3O5S/c1-11-3-8-15-14(9-11)21-17(23)18(2,26-15)16(22)20-10-12-4-6-13(7-5-12)27(19,24)25/h3-9H,10H2,1-2H3,(H,20,22)(H,21,23)(H2,19,24,25). The van der Waals surface area contributed by atoms with Crippen LogP contribution in [0.3, 0.4) is 0 Å². The lowest BCUT2D eigenvalue weighted by molar-refractivity contribution is -0.146. The van der Waals surface area contributed by atoms with Crippen LogP contribution in [0.2, 0.25) is 0 Å². The molecule has 0 saturated heterocycles. The maximum atomic E-state index is 12.6. The Morgan fingerprint density at radius 1 is 1.22 bits per heavy atom. The average molecular weight is 389 g/mol. The molecule has 1 aliphatic heterocycles. The SMILES string of the molecule is Cc1ccc2c(c1)NC(=O)C(C)(C(=O)NCc1ccc(S(N)(=O)=O)cc1)O2. The number of aryl methyl sites for hydroxylation is 1. The number of sulfonamides is 1. The van der Waals surface area contributed by atoms with Gasteiger partial charge in [-0.05, 0) is 49.2 Å². The topological polar surface area (TPSA) is 128 Å². The van der Waals surface area contributed by atoms with Gasteiger partial charge in [-0.3, -0.25) is 9.59 Å². The smallest absolute Gasteiger partial charge is 0.278 e. The number of carbonyl (C=O) groups excluding carboxylic acids is 2. The molecule has 4 N–H and O–H groups in total. The predicted octanol–water partition coefficient (Wildman–Crippen LogP) is 1.05. The highest BCUT2D eigenvalue weighted by molar-refractivity contribution is 7.89. The van der Waals surface area contributed by atoms with Crippen LogP contribution in [0.1, 0.15) is 18.1 Å². The van der Waals surface area contributed by atoms with Crippen molar-refractivity contribution in [3.63, 3.8) is 0 Å². The van der Waals surface area contributed by atoms with Gasteiger partial charge in [-0.15, -0.1) is 0 Å². The summed E-state index contributed by atoms with van der Waals surface area (Å²) < 4.78 is 28.2. The van der Waals surface area contributed by atoms with Gasteiger partial charge in [-0.1, -0.05) is 18.2 Å². The first-order valence-electron chi connectivity index (χ1n) is 8.11. The van der Waals surface area contributed by atoms with Gasteiger partial charge in [0.05, 0.1) is 10.6 Å². The Bertz CT molecular complexity index is 1020. The second kappa shape index (κ2) is 6.67. The highest BCUT2D eigenvalue weighted by Gasteiger charge is 2.47. The van der Waals surface area contributed by atoms with Crippen molar-refractivity contribution in [1.29, 1.82) is 0 Å². The molecule has 1 aliphatic rings. The van der Waals surface area contributed by atoms with E-state index in [0.29, 0.717) is 17.0 Å². The molecule has 0 bridgehead atoms. The van der Waals surface area contributed by atoms with E-state index in [9.17, 15) is 18.0 Å². The number of rotatable bonds is 4. The summed E-state index contributed by atoms with van der Waals surface area (Å²) in [6.07, 6.45) is 0. The van der Waals surface area contributed by atoms with Crippen molar-refractivity contribution in [2.75, 3.05) is 5.32 Å². The predicted molar refractivity (Wildman–Crippen MR) is 98.5 cm³/mol. The van der Waals surface area contributed by atoms with E-state index in [0.717, 1.165) is 5.56 Å². The van der Waals surface area contributed by atoms with Crippen molar-refractivity contribution in [3.05, 3.63) is 53.6 Å². The third-order valence-electron chi connectivity index (χ3n) is 4.27. The highest BCUT2D eigenvalue weighted by Crippen LogP contribution is 2.34. The van der Waals surface area contributed by atoms with Crippen molar-refractivity contribution in [2.45, 2.75) is 30.9 Å². The maximum Gasteiger partial charge on any atom is 0.278 e. The molecule has 8 nitrogen and oxygen atoms in total. The molecule has 0 radical (unpaired) electrons. The molecule has 9 heteroatoms. The van der Waals surface area contributed by atoms with E-state index < -0.39 is 27.4 Å². The minimum atomic E-state index is -3.78. The van der Waals surface area contributed by atoms with E-state index in [4.69, 9.17) is 9.88 Å². The highest BCUT2D eigenvalue weighted by atomic mass is 32.2. The first kappa shape index (κ1) is 18.9. The Labute approximate surface area is 156 Å². The van der Waals surface area contributed by atoms with Crippen LogP contribution in [0, 0.1) is 6.92 Å². The Morgan fingerprint density at radius 3 is 2.52 bits per heavy atom. The van der Waals surface area contributed by atoms with E-state index in [1.165, 1.54) is 31.2 Å². The zero-order chi connectivity index (χ0) is 19.8. The normalized spacial score (nSPS) is 18.9. The van der Waals surface area contributed by atoms with Gasteiger partial charge in [0.15, 0.2) is 0 Å². The molecule has 1 heterocycles. The summed E-state index contributed by atoms with van der Waals surface area (Å²) in [5, 5.41) is 10.4. The largest absolute Gasteiger partial charge is 0.466 e. The van der Waals surface area contributed by atoms with Crippen LogP contribution >= 0.6 is 0 Å². The van der Waals surface area contributed by atoms with Crippen LogP contribution in [-0.2, 0) is 26.2 Å². The maximum absolute atomic E-state index is 12.6. The number of carbonyl (C=O) groups is 2. The molecule has 0 spiro atoms. The molecule has 3 rings (SSSR count). The lowest BCUT2D eigenvalue weighted by atomic mass is 10.0. The number of hydrogen-bond donors (Lipinski definition) is 3. The third-order valence-corrected chi connectivity index (χ3v) is 5.20. The summed E-state index contributed by atoms with van der Waals surface area (Å²) in [7, 11) is -3.78. The van der Waals surface area contributed by atoms with Crippen molar-refractivity contribution in [3.8, 4) is 5.75 Å². The summed E-state index contributed by atoms with van der Waals surface area (Å²) in [6.45, 7) is 3.37. The number of benzene rings is 2. The summed E-state index contributed by atoms with van der Waals surface area (Å²) >= 11 is 0. The van der Waals surface area contributed by atoms with E-state index in [1.807, 2.05) is 13.0 Å². The van der Waals surface area contributed by atoms with Crippen molar-refractivity contribution >= 4 is 27.5 Å². The molecular weight excluding hydrogens is 370 g/mol. The fraction of sp³-hybridized carbons (Fsp3) is 0.222.